The number of benzene rings is 3. The average molecular weight is 431 g/mol. The van der Waals surface area contributed by atoms with Gasteiger partial charge in [-0.2, -0.15) is 0 Å². The Morgan fingerprint density at radius 1 is 1.03 bits per heavy atom. The molecule has 3 unspecified atom stereocenters. The minimum Gasteiger partial charge on any atom is -0.349 e. The van der Waals surface area contributed by atoms with Crippen LogP contribution in [0.5, 0.6) is 0 Å². The molecule has 4 heteroatoms. The second-order valence-corrected chi connectivity index (χ2v) is 9.01. The molecule has 0 radical (unpaired) electrons. The minimum atomic E-state index is -0.222. The van der Waals surface area contributed by atoms with E-state index in [1.165, 1.54) is 17.2 Å². The van der Waals surface area contributed by atoms with Gasteiger partial charge in [-0.3, -0.25) is 9.69 Å². The van der Waals surface area contributed by atoms with Crippen LogP contribution in [-0.2, 0) is 11.3 Å². The van der Waals surface area contributed by atoms with E-state index in [0.717, 1.165) is 24.1 Å². The van der Waals surface area contributed by atoms with Crippen LogP contribution < -0.4 is 5.32 Å². The fourth-order valence-corrected chi connectivity index (χ4v) is 4.72. The molecule has 3 nitrogen and oxygen atoms in total. The van der Waals surface area contributed by atoms with Crippen LogP contribution >= 0.6 is 0 Å². The lowest BCUT2D eigenvalue weighted by atomic mass is 9.83. The van der Waals surface area contributed by atoms with E-state index >= 15 is 0 Å². The normalized spacial score (nSPS) is 20.0. The molecule has 4 rings (SSSR count). The minimum absolute atomic E-state index is 0.0419. The van der Waals surface area contributed by atoms with Crippen molar-refractivity contribution in [3.63, 3.8) is 0 Å². The van der Waals surface area contributed by atoms with E-state index in [2.05, 4.69) is 41.4 Å². The molecular formula is C28H31FN2O. The first-order valence-corrected chi connectivity index (χ1v) is 11.4. The number of carbonyl (C=O) groups is 1. The van der Waals surface area contributed by atoms with E-state index in [0.29, 0.717) is 13.1 Å². The van der Waals surface area contributed by atoms with Crippen molar-refractivity contribution in [2.24, 2.45) is 5.92 Å². The number of nitrogens with zero attached hydrogens (tertiary/aromatic N) is 1. The fraction of sp³-hybridized carbons (Fsp3) is 0.321. The molecule has 1 N–H and O–H groups in total. The predicted octanol–water partition coefficient (Wildman–Crippen LogP) is 5.62. The van der Waals surface area contributed by atoms with Gasteiger partial charge in [0.1, 0.15) is 5.82 Å². The smallest absolute Gasteiger partial charge is 0.224 e. The van der Waals surface area contributed by atoms with Gasteiger partial charge in [0.2, 0.25) is 5.91 Å². The number of hydrogen-bond acceptors (Lipinski definition) is 2. The van der Waals surface area contributed by atoms with E-state index in [1.807, 2.05) is 43.3 Å². The molecule has 0 saturated carbocycles. The van der Waals surface area contributed by atoms with Crippen molar-refractivity contribution >= 4 is 5.91 Å². The first kappa shape index (κ1) is 22.2. The van der Waals surface area contributed by atoms with Gasteiger partial charge < -0.3 is 5.32 Å². The van der Waals surface area contributed by atoms with E-state index in [4.69, 9.17) is 0 Å². The van der Waals surface area contributed by atoms with Gasteiger partial charge in [0.15, 0.2) is 0 Å². The maximum atomic E-state index is 13.7. The summed E-state index contributed by atoms with van der Waals surface area (Å²) in [4.78, 5) is 15.6. The van der Waals surface area contributed by atoms with Gasteiger partial charge in [0.25, 0.3) is 0 Å². The third kappa shape index (κ3) is 5.63. The number of aryl methyl sites for hydroxylation is 1. The molecule has 0 bridgehead atoms. The standard InChI is InChI=1S/C28H31FN2O/c1-20-8-6-12-24(14-20)25-16-26(28(32)30-21(2)23-10-4-3-5-11-23)19-31(18-25)17-22-9-7-13-27(29)15-22/h3-15,21,25-26H,16-19H2,1-2H3,(H,30,32). The highest BCUT2D eigenvalue weighted by atomic mass is 19.1. The topological polar surface area (TPSA) is 32.3 Å². The molecule has 3 aromatic rings. The van der Waals surface area contributed by atoms with Gasteiger partial charge in [-0.05, 0) is 55.0 Å². The largest absolute Gasteiger partial charge is 0.349 e. The van der Waals surface area contributed by atoms with Crippen molar-refractivity contribution < 1.29 is 9.18 Å². The second kappa shape index (κ2) is 10.1. The summed E-state index contributed by atoms with van der Waals surface area (Å²) in [7, 11) is 0. The van der Waals surface area contributed by atoms with Crippen LogP contribution in [0, 0.1) is 18.7 Å². The Labute approximate surface area is 190 Å². The molecule has 0 aliphatic carbocycles. The number of carbonyl (C=O) groups excluding carboxylic acids is 1. The molecular weight excluding hydrogens is 399 g/mol. The second-order valence-electron chi connectivity index (χ2n) is 9.01. The molecule has 0 spiro atoms. The summed E-state index contributed by atoms with van der Waals surface area (Å²) in [5, 5.41) is 3.22. The Morgan fingerprint density at radius 2 is 1.81 bits per heavy atom. The first-order valence-electron chi connectivity index (χ1n) is 11.4. The molecule has 1 aliphatic rings. The zero-order valence-corrected chi connectivity index (χ0v) is 18.8. The lowest BCUT2D eigenvalue weighted by molar-refractivity contribution is -0.127. The Balaban J connectivity index is 1.52. The molecule has 1 amide bonds. The fourth-order valence-electron chi connectivity index (χ4n) is 4.72. The number of piperidine rings is 1. The molecule has 1 aliphatic heterocycles. The lowest BCUT2D eigenvalue weighted by Crippen LogP contribution is -2.45. The van der Waals surface area contributed by atoms with Crippen molar-refractivity contribution in [3.8, 4) is 0 Å². The van der Waals surface area contributed by atoms with Crippen molar-refractivity contribution in [3.05, 3.63) is 107 Å². The van der Waals surface area contributed by atoms with Gasteiger partial charge in [-0.15, -0.1) is 0 Å². The molecule has 1 fully saturated rings. The summed E-state index contributed by atoms with van der Waals surface area (Å²) in [6.45, 7) is 6.30. The molecule has 32 heavy (non-hydrogen) atoms. The van der Waals surface area contributed by atoms with Gasteiger partial charge in [0, 0.05) is 19.6 Å². The number of likely N-dealkylation sites (tertiary alicyclic amines) is 1. The Bertz CT molecular complexity index is 1050. The van der Waals surface area contributed by atoms with Gasteiger partial charge in [0.05, 0.1) is 12.0 Å². The third-order valence-corrected chi connectivity index (χ3v) is 6.36. The third-order valence-electron chi connectivity index (χ3n) is 6.36. The van der Waals surface area contributed by atoms with Crippen LogP contribution in [0.2, 0.25) is 0 Å². The quantitative estimate of drug-likeness (QED) is 0.551. The summed E-state index contributed by atoms with van der Waals surface area (Å²) in [5.41, 5.74) is 4.53. The highest BCUT2D eigenvalue weighted by Gasteiger charge is 2.33. The van der Waals surface area contributed by atoms with E-state index in [1.54, 1.807) is 12.1 Å². The van der Waals surface area contributed by atoms with Crippen LogP contribution in [0.3, 0.4) is 0 Å². The number of hydrogen-bond donors (Lipinski definition) is 1. The summed E-state index contributed by atoms with van der Waals surface area (Å²) in [6, 6.07) is 25.3. The number of halogens is 1. The maximum Gasteiger partial charge on any atom is 0.224 e. The van der Waals surface area contributed by atoms with Gasteiger partial charge in [-0.1, -0.05) is 72.3 Å². The predicted molar refractivity (Wildman–Crippen MR) is 127 cm³/mol. The van der Waals surface area contributed by atoms with Gasteiger partial charge in [-0.25, -0.2) is 4.39 Å². The van der Waals surface area contributed by atoms with Crippen LogP contribution in [0.25, 0.3) is 0 Å². The summed E-state index contributed by atoms with van der Waals surface area (Å²) >= 11 is 0. The number of amides is 1. The Kier molecular flexibility index (Phi) is 7.01. The van der Waals surface area contributed by atoms with E-state index in [9.17, 15) is 9.18 Å². The number of rotatable bonds is 6. The summed E-state index contributed by atoms with van der Waals surface area (Å²) < 4.78 is 13.7. The van der Waals surface area contributed by atoms with Crippen molar-refractivity contribution in [1.82, 2.24) is 10.2 Å². The van der Waals surface area contributed by atoms with Crippen LogP contribution in [0.1, 0.15) is 47.6 Å². The van der Waals surface area contributed by atoms with Gasteiger partial charge >= 0.3 is 0 Å². The SMILES string of the molecule is Cc1cccc(C2CC(C(=O)NC(C)c3ccccc3)CN(Cc3cccc(F)c3)C2)c1. The first-order chi connectivity index (χ1) is 15.5. The Morgan fingerprint density at radius 3 is 2.56 bits per heavy atom. The van der Waals surface area contributed by atoms with E-state index < -0.39 is 0 Å². The summed E-state index contributed by atoms with van der Waals surface area (Å²) in [5.74, 6) is 0.0117. The molecule has 166 valence electrons. The molecule has 1 heterocycles. The highest BCUT2D eigenvalue weighted by molar-refractivity contribution is 5.79. The zero-order valence-electron chi connectivity index (χ0n) is 18.8. The molecule has 1 saturated heterocycles. The Hall–Kier alpha value is -2.98. The zero-order chi connectivity index (χ0) is 22.5. The van der Waals surface area contributed by atoms with Crippen LogP contribution in [-0.4, -0.2) is 23.9 Å². The highest BCUT2D eigenvalue weighted by Crippen LogP contribution is 2.32. The van der Waals surface area contributed by atoms with E-state index in [-0.39, 0.29) is 29.6 Å². The molecule has 3 atom stereocenters. The van der Waals surface area contributed by atoms with Crippen molar-refractivity contribution in [2.45, 2.75) is 38.8 Å². The average Bonchev–Trinajstić information content (AvgIpc) is 2.79. The van der Waals surface area contributed by atoms with Crippen LogP contribution in [0.15, 0.2) is 78.9 Å². The lowest BCUT2D eigenvalue weighted by Gasteiger charge is -2.38. The molecule has 3 aromatic carbocycles. The summed E-state index contributed by atoms with van der Waals surface area (Å²) in [6.07, 6.45) is 0.816. The van der Waals surface area contributed by atoms with Crippen LogP contribution in [0.4, 0.5) is 4.39 Å². The van der Waals surface area contributed by atoms with Crippen molar-refractivity contribution in [2.75, 3.05) is 13.1 Å². The monoisotopic (exact) mass is 430 g/mol. The maximum absolute atomic E-state index is 13.7. The van der Waals surface area contributed by atoms with Crippen molar-refractivity contribution in [1.29, 1.82) is 0 Å². The molecule has 0 aromatic heterocycles. The number of nitrogens with one attached hydrogen (secondary N) is 1.